The van der Waals surface area contributed by atoms with E-state index in [1.807, 2.05) is 4.90 Å². The number of unbranched alkanes of at least 4 members (excludes halogenated alkanes) is 1. The van der Waals surface area contributed by atoms with Crippen LogP contribution in [-0.4, -0.2) is 99.4 Å². The van der Waals surface area contributed by atoms with Gasteiger partial charge in [-0.3, -0.25) is 14.6 Å². The van der Waals surface area contributed by atoms with Gasteiger partial charge in [0.2, 0.25) is 5.91 Å². The second kappa shape index (κ2) is 11.8. The van der Waals surface area contributed by atoms with E-state index in [9.17, 15) is 4.79 Å². The Hall–Kier alpha value is -0.690. The largest absolute Gasteiger partial charge is 0.379 e. The molecule has 2 heterocycles. The van der Waals surface area contributed by atoms with Gasteiger partial charge in [-0.1, -0.05) is 6.92 Å². The molecule has 2 aliphatic heterocycles. The highest BCUT2D eigenvalue weighted by Gasteiger charge is 2.16. The number of hydrogen-bond acceptors (Lipinski definition) is 5. The molecule has 1 unspecified atom stereocenters. The lowest BCUT2D eigenvalue weighted by atomic mass is 10.1. The molecule has 2 aliphatic rings. The van der Waals surface area contributed by atoms with Crippen molar-refractivity contribution in [3.63, 3.8) is 0 Å². The lowest BCUT2D eigenvalue weighted by Crippen LogP contribution is -2.39. The second-order valence-electron chi connectivity index (χ2n) is 7.47. The number of rotatable bonds is 10. The van der Waals surface area contributed by atoms with Gasteiger partial charge < -0.3 is 14.4 Å². The predicted octanol–water partition coefficient (Wildman–Crippen LogP) is 1.31. The van der Waals surface area contributed by atoms with E-state index in [0.29, 0.717) is 5.92 Å². The summed E-state index contributed by atoms with van der Waals surface area (Å²) in [5.41, 5.74) is 0. The lowest BCUT2D eigenvalue weighted by molar-refractivity contribution is -0.129. The van der Waals surface area contributed by atoms with E-state index >= 15 is 0 Å². The Kier molecular flexibility index (Phi) is 9.76. The van der Waals surface area contributed by atoms with Crippen LogP contribution in [0, 0.1) is 5.92 Å². The van der Waals surface area contributed by atoms with Crippen molar-refractivity contribution in [2.24, 2.45) is 5.92 Å². The first-order valence-corrected chi connectivity index (χ1v) is 10.0. The van der Waals surface area contributed by atoms with E-state index < -0.39 is 0 Å². The van der Waals surface area contributed by atoms with Crippen molar-refractivity contribution in [2.45, 2.75) is 33.1 Å². The van der Waals surface area contributed by atoms with Crippen LogP contribution in [0.4, 0.5) is 0 Å². The number of carbonyl (C=O) groups excluding carboxylic acids is 1. The maximum atomic E-state index is 12.0. The smallest absolute Gasteiger partial charge is 0.219 e. The fourth-order valence-corrected chi connectivity index (χ4v) is 3.54. The molecule has 1 amide bonds. The predicted molar refractivity (Wildman–Crippen MR) is 99.8 cm³/mol. The van der Waals surface area contributed by atoms with E-state index in [1.54, 1.807) is 6.92 Å². The van der Waals surface area contributed by atoms with Crippen LogP contribution in [0.1, 0.15) is 33.1 Å². The monoisotopic (exact) mass is 355 g/mol. The first-order valence-electron chi connectivity index (χ1n) is 10.0. The average molecular weight is 356 g/mol. The molecule has 0 aliphatic carbocycles. The molecule has 0 aromatic rings. The highest BCUT2D eigenvalue weighted by Crippen LogP contribution is 2.10. The topological polar surface area (TPSA) is 45.2 Å². The van der Waals surface area contributed by atoms with Crippen molar-refractivity contribution in [3.8, 4) is 0 Å². The van der Waals surface area contributed by atoms with Gasteiger partial charge in [-0.15, -0.1) is 0 Å². The normalized spacial score (nSPS) is 21.2. The average Bonchev–Trinajstić information content (AvgIpc) is 2.64. The Balaban J connectivity index is 1.58. The molecule has 2 saturated heterocycles. The van der Waals surface area contributed by atoms with Crippen LogP contribution >= 0.6 is 0 Å². The molecule has 0 bridgehead atoms. The van der Waals surface area contributed by atoms with Gasteiger partial charge in [0.25, 0.3) is 0 Å². The van der Waals surface area contributed by atoms with Crippen LogP contribution in [0.15, 0.2) is 0 Å². The van der Waals surface area contributed by atoms with Gasteiger partial charge >= 0.3 is 0 Å². The summed E-state index contributed by atoms with van der Waals surface area (Å²) in [6.07, 6.45) is 3.40. The molecular weight excluding hydrogens is 318 g/mol. The van der Waals surface area contributed by atoms with E-state index in [2.05, 4.69) is 16.7 Å². The zero-order valence-corrected chi connectivity index (χ0v) is 16.3. The maximum absolute atomic E-state index is 12.0. The first kappa shape index (κ1) is 20.6. The van der Waals surface area contributed by atoms with Crippen LogP contribution in [0.3, 0.4) is 0 Å². The molecular formula is C19H37N3O3. The standard InChI is InChI=1S/C19H37N3O3/c1-18(5-8-21-11-15-25-16-12-21)17-22(19(2)23)7-4-3-6-20-9-13-24-14-10-20/h18H,3-17H2,1-2H3. The summed E-state index contributed by atoms with van der Waals surface area (Å²) in [5.74, 6) is 0.760. The van der Waals surface area contributed by atoms with E-state index in [1.165, 1.54) is 0 Å². The Bertz CT molecular complexity index is 369. The molecule has 25 heavy (non-hydrogen) atoms. The van der Waals surface area contributed by atoms with Crippen molar-refractivity contribution in [3.05, 3.63) is 0 Å². The summed E-state index contributed by atoms with van der Waals surface area (Å²) in [5, 5.41) is 0. The minimum atomic E-state index is 0.213. The highest BCUT2D eigenvalue weighted by molar-refractivity contribution is 5.73. The van der Waals surface area contributed by atoms with E-state index in [-0.39, 0.29) is 5.91 Å². The molecule has 0 aromatic carbocycles. The molecule has 0 radical (unpaired) electrons. The second-order valence-corrected chi connectivity index (χ2v) is 7.47. The third kappa shape index (κ3) is 8.49. The molecule has 1 atom stereocenters. The third-order valence-corrected chi connectivity index (χ3v) is 5.28. The zero-order chi connectivity index (χ0) is 17.9. The summed E-state index contributed by atoms with van der Waals surface area (Å²) < 4.78 is 10.8. The summed E-state index contributed by atoms with van der Waals surface area (Å²) >= 11 is 0. The van der Waals surface area contributed by atoms with Crippen molar-refractivity contribution in [1.82, 2.24) is 14.7 Å². The molecule has 6 heteroatoms. The Morgan fingerprint density at radius 1 is 0.960 bits per heavy atom. The van der Waals surface area contributed by atoms with Crippen LogP contribution in [0.5, 0.6) is 0 Å². The van der Waals surface area contributed by atoms with Crippen molar-refractivity contribution < 1.29 is 14.3 Å². The van der Waals surface area contributed by atoms with Gasteiger partial charge in [-0.05, 0) is 38.3 Å². The fourth-order valence-electron chi connectivity index (χ4n) is 3.54. The summed E-state index contributed by atoms with van der Waals surface area (Å²) in [6.45, 7) is 15.6. The van der Waals surface area contributed by atoms with Gasteiger partial charge in [0.1, 0.15) is 0 Å². The SMILES string of the molecule is CC(=O)N(CCCCN1CCOCC1)CC(C)CCN1CCOCC1. The van der Waals surface area contributed by atoms with Gasteiger partial charge in [0, 0.05) is 46.2 Å². The molecule has 0 N–H and O–H groups in total. The Morgan fingerprint density at radius 3 is 2.08 bits per heavy atom. The Morgan fingerprint density at radius 2 is 1.52 bits per heavy atom. The highest BCUT2D eigenvalue weighted by atomic mass is 16.5. The molecule has 0 saturated carbocycles. The van der Waals surface area contributed by atoms with E-state index in [0.717, 1.165) is 98.0 Å². The third-order valence-electron chi connectivity index (χ3n) is 5.28. The van der Waals surface area contributed by atoms with Crippen molar-refractivity contribution in [1.29, 1.82) is 0 Å². The van der Waals surface area contributed by atoms with Gasteiger partial charge in [0.05, 0.1) is 26.4 Å². The molecule has 146 valence electrons. The lowest BCUT2D eigenvalue weighted by Gasteiger charge is -2.30. The quantitative estimate of drug-likeness (QED) is 0.553. The number of amides is 1. The molecule has 0 spiro atoms. The number of morpholine rings is 2. The van der Waals surface area contributed by atoms with Gasteiger partial charge in [-0.2, -0.15) is 0 Å². The summed E-state index contributed by atoms with van der Waals surface area (Å²) in [7, 11) is 0. The van der Waals surface area contributed by atoms with Crippen LogP contribution in [-0.2, 0) is 14.3 Å². The number of nitrogens with zero attached hydrogens (tertiary/aromatic N) is 3. The molecule has 0 aromatic heterocycles. The molecule has 6 nitrogen and oxygen atoms in total. The number of hydrogen-bond donors (Lipinski definition) is 0. The minimum Gasteiger partial charge on any atom is -0.379 e. The van der Waals surface area contributed by atoms with Gasteiger partial charge in [-0.25, -0.2) is 0 Å². The first-order chi connectivity index (χ1) is 12.1. The van der Waals surface area contributed by atoms with Crippen molar-refractivity contribution in [2.75, 3.05) is 78.8 Å². The summed E-state index contributed by atoms with van der Waals surface area (Å²) in [6, 6.07) is 0. The summed E-state index contributed by atoms with van der Waals surface area (Å²) in [4.78, 5) is 18.9. The Labute approximate surface area is 153 Å². The fraction of sp³-hybridized carbons (Fsp3) is 0.947. The van der Waals surface area contributed by atoms with E-state index in [4.69, 9.17) is 9.47 Å². The van der Waals surface area contributed by atoms with Gasteiger partial charge in [0.15, 0.2) is 0 Å². The van der Waals surface area contributed by atoms with Crippen LogP contribution < -0.4 is 0 Å². The molecule has 2 rings (SSSR count). The van der Waals surface area contributed by atoms with Crippen LogP contribution in [0.2, 0.25) is 0 Å². The van der Waals surface area contributed by atoms with Crippen molar-refractivity contribution >= 4 is 5.91 Å². The molecule has 2 fully saturated rings. The van der Waals surface area contributed by atoms with Crippen LogP contribution in [0.25, 0.3) is 0 Å². The minimum absolute atomic E-state index is 0.213. The maximum Gasteiger partial charge on any atom is 0.219 e. The zero-order valence-electron chi connectivity index (χ0n) is 16.3. The number of carbonyl (C=O) groups is 1. The number of ether oxygens (including phenoxy) is 2.